The molecule has 2 rings (SSSR count). The topological polar surface area (TPSA) is 38.7 Å². The minimum absolute atomic E-state index is 0.258. The molecule has 0 radical (unpaired) electrons. The van der Waals surface area contributed by atoms with Crippen molar-refractivity contribution in [1.29, 1.82) is 0 Å². The summed E-state index contributed by atoms with van der Waals surface area (Å²) in [5.74, 6) is 1.63. The lowest BCUT2D eigenvalue weighted by Crippen LogP contribution is -2.04. The number of phenols is 1. The van der Waals surface area contributed by atoms with E-state index in [1.807, 2.05) is 19.1 Å². The molecule has 0 saturated heterocycles. The van der Waals surface area contributed by atoms with Crippen molar-refractivity contribution in [1.82, 2.24) is 0 Å². The molecule has 0 aliphatic heterocycles. The maximum Gasteiger partial charge on any atom is 0.188 e. The van der Waals surface area contributed by atoms with Crippen molar-refractivity contribution in [3.8, 4) is 11.5 Å². The average molecular weight is 328 g/mol. The van der Waals surface area contributed by atoms with E-state index in [-0.39, 0.29) is 6.79 Å². The number of phenolic OH excluding ortho intramolecular Hbond substituents is 1. The van der Waals surface area contributed by atoms with Gasteiger partial charge in [-0.1, -0.05) is 26.0 Å². The molecule has 0 heterocycles. The highest BCUT2D eigenvalue weighted by Gasteiger charge is 2.13. The summed E-state index contributed by atoms with van der Waals surface area (Å²) in [6.45, 7) is 10.7. The molecule has 0 aliphatic carbocycles. The number of benzene rings is 2. The van der Waals surface area contributed by atoms with Crippen LogP contribution < -0.4 is 4.74 Å². The van der Waals surface area contributed by atoms with Gasteiger partial charge in [-0.3, -0.25) is 0 Å². The monoisotopic (exact) mass is 328 g/mol. The Bertz CT molecular complexity index is 718. The van der Waals surface area contributed by atoms with Crippen molar-refractivity contribution in [2.45, 2.75) is 47.0 Å². The van der Waals surface area contributed by atoms with Crippen molar-refractivity contribution >= 4 is 0 Å². The number of aromatic hydroxyl groups is 1. The van der Waals surface area contributed by atoms with Gasteiger partial charge in [0.2, 0.25) is 0 Å². The Labute approximate surface area is 145 Å². The zero-order valence-electron chi connectivity index (χ0n) is 15.6. The highest BCUT2D eigenvalue weighted by atomic mass is 16.7. The summed E-state index contributed by atoms with van der Waals surface area (Å²) in [6.07, 6.45) is 0.850. The summed E-state index contributed by atoms with van der Waals surface area (Å²) in [6, 6.07) is 8.22. The molecule has 3 heteroatoms. The van der Waals surface area contributed by atoms with Gasteiger partial charge in [0.05, 0.1) is 0 Å². The number of ether oxygens (including phenoxy) is 2. The lowest BCUT2D eigenvalue weighted by atomic mass is 9.91. The molecule has 130 valence electrons. The minimum Gasteiger partial charge on any atom is -0.508 e. The predicted molar refractivity (Wildman–Crippen MR) is 98.2 cm³/mol. The fraction of sp³-hybridized carbons (Fsp3) is 0.429. The first-order valence-electron chi connectivity index (χ1n) is 8.38. The smallest absolute Gasteiger partial charge is 0.188 e. The third-order valence-electron chi connectivity index (χ3n) is 4.64. The number of methoxy groups -OCH3 is 1. The lowest BCUT2D eigenvalue weighted by molar-refractivity contribution is 0.0502. The summed E-state index contributed by atoms with van der Waals surface area (Å²) in [5.41, 5.74) is 6.97. The third-order valence-corrected chi connectivity index (χ3v) is 4.64. The van der Waals surface area contributed by atoms with Gasteiger partial charge in [0, 0.05) is 7.11 Å². The average Bonchev–Trinajstić information content (AvgIpc) is 2.55. The van der Waals surface area contributed by atoms with Gasteiger partial charge < -0.3 is 14.6 Å². The van der Waals surface area contributed by atoms with E-state index in [4.69, 9.17) is 9.47 Å². The second kappa shape index (κ2) is 7.71. The fourth-order valence-corrected chi connectivity index (χ4v) is 3.00. The van der Waals surface area contributed by atoms with Crippen LogP contribution in [-0.4, -0.2) is 19.0 Å². The summed E-state index contributed by atoms with van der Waals surface area (Å²) in [7, 11) is 1.63. The van der Waals surface area contributed by atoms with Gasteiger partial charge in [0.25, 0.3) is 0 Å². The molecule has 0 fully saturated rings. The lowest BCUT2D eigenvalue weighted by Gasteiger charge is -2.17. The third kappa shape index (κ3) is 3.90. The van der Waals surface area contributed by atoms with Crippen LogP contribution >= 0.6 is 0 Å². The second-order valence-corrected chi connectivity index (χ2v) is 6.70. The van der Waals surface area contributed by atoms with Crippen LogP contribution in [0.1, 0.15) is 53.1 Å². The van der Waals surface area contributed by atoms with Gasteiger partial charge in [-0.15, -0.1) is 0 Å². The standard InChI is InChI=1S/C21H28O3/c1-13(2)18-10-17(7-8-21(18)24-12-23-6)11-19-14(3)9-20(22)16(5)15(19)4/h7-10,13,22H,11-12H2,1-6H3. The fourth-order valence-electron chi connectivity index (χ4n) is 3.00. The molecule has 0 spiro atoms. The van der Waals surface area contributed by atoms with E-state index in [9.17, 15) is 5.11 Å². The van der Waals surface area contributed by atoms with E-state index in [0.29, 0.717) is 11.7 Å². The molecule has 0 atom stereocenters. The largest absolute Gasteiger partial charge is 0.508 e. The van der Waals surface area contributed by atoms with Crippen LogP contribution in [0, 0.1) is 20.8 Å². The molecule has 2 aromatic carbocycles. The zero-order chi connectivity index (χ0) is 17.9. The Kier molecular flexibility index (Phi) is 5.89. The van der Waals surface area contributed by atoms with Crippen LogP contribution in [0.3, 0.4) is 0 Å². The molecular weight excluding hydrogens is 300 g/mol. The van der Waals surface area contributed by atoms with E-state index >= 15 is 0 Å². The van der Waals surface area contributed by atoms with Crippen molar-refractivity contribution < 1.29 is 14.6 Å². The van der Waals surface area contributed by atoms with E-state index in [1.165, 1.54) is 22.3 Å². The molecule has 0 aromatic heterocycles. The molecule has 3 nitrogen and oxygen atoms in total. The second-order valence-electron chi connectivity index (χ2n) is 6.70. The van der Waals surface area contributed by atoms with Gasteiger partial charge in [-0.25, -0.2) is 0 Å². The van der Waals surface area contributed by atoms with Crippen LogP contribution in [-0.2, 0) is 11.2 Å². The molecular formula is C21H28O3. The maximum absolute atomic E-state index is 9.98. The number of rotatable bonds is 6. The number of hydrogen-bond acceptors (Lipinski definition) is 3. The number of hydrogen-bond donors (Lipinski definition) is 1. The summed E-state index contributed by atoms with van der Waals surface area (Å²) in [4.78, 5) is 0. The Hall–Kier alpha value is -2.00. The Morgan fingerprint density at radius 3 is 2.38 bits per heavy atom. The Morgan fingerprint density at radius 2 is 1.75 bits per heavy atom. The van der Waals surface area contributed by atoms with Gasteiger partial charge in [0.1, 0.15) is 11.5 Å². The molecule has 0 amide bonds. The summed E-state index contributed by atoms with van der Waals surface area (Å²) in [5, 5.41) is 9.98. The molecule has 0 unspecified atom stereocenters. The predicted octanol–water partition coefficient (Wildman–Crippen LogP) is 5.01. The minimum atomic E-state index is 0.258. The quantitative estimate of drug-likeness (QED) is 0.757. The van der Waals surface area contributed by atoms with Crippen LogP contribution in [0.25, 0.3) is 0 Å². The van der Waals surface area contributed by atoms with E-state index < -0.39 is 0 Å². The van der Waals surface area contributed by atoms with Crippen molar-refractivity contribution in [3.05, 3.63) is 57.6 Å². The zero-order valence-corrected chi connectivity index (χ0v) is 15.6. The highest BCUT2D eigenvalue weighted by molar-refractivity contribution is 5.50. The van der Waals surface area contributed by atoms with Gasteiger partial charge in [0.15, 0.2) is 6.79 Å². The Morgan fingerprint density at radius 1 is 1.04 bits per heavy atom. The summed E-state index contributed by atoms with van der Waals surface area (Å²) < 4.78 is 10.7. The molecule has 0 aliphatic rings. The molecule has 1 N–H and O–H groups in total. The van der Waals surface area contributed by atoms with Crippen molar-refractivity contribution in [2.75, 3.05) is 13.9 Å². The van der Waals surface area contributed by atoms with Crippen molar-refractivity contribution in [2.24, 2.45) is 0 Å². The van der Waals surface area contributed by atoms with Crippen LogP contribution in [0.5, 0.6) is 11.5 Å². The highest BCUT2D eigenvalue weighted by Crippen LogP contribution is 2.31. The first-order chi connectivity index (χ1) is 11.3. The van der Waals surface area contributed by atoms with Crippen molar-refractivity contribution in [3.63, 3.8) is 0 Å². The molecule has 0 saturated carbocycles. The SMILES string of the molecule is COCOc1ccc(Cc2c(C)cc(O)c(C)c2C)cc1C(C)C. The molecule has 24 heavy (non-hydrogen) atoms. The van der Waals surface area contributed by atoms with Crippen LogP contribution in [0.15, 0.2) is 24.3 Å². The van der Waals surface area contributed by atoms with Gasteiger partial charge >= 0.3 is 0 Å². The van der Waals surface area contributed by atoms with E-state index in [0.717, 1.165) is 23.3 Å². The van der Waals surface area contributed by atoms with E-state index in [2.05, 4.69) is 39.8 Å². The summed E-state index contributed by atoms with van der Waals surface area (Å²) >= 11 is 0. The van der Waals surface area contributed by atoms with Crippen LogP contribution in [0.2, 0.25) is 0 Å². The maximum atomic E-state index is 9.98. The van der Waals surface area contributed by atoms with E-state index in [1.54, 1.807) is 7.11 Å². The first kappa shape index (κ1) is 18.3. The van der Waals surface area contributed by atoms with Crippen LogP contribution in [0.4, 0.5) is 0 Å². The number of aryl methyl sites for hydroxylation is 1. The normalized spacial score (nSPS) is 11.1. The Balaban J connectivity index is 2.37. The van der Waals surface area contributed by atoms with Gasteiger partial charge in [-0.05, 0) is 78.6 Å². The molecule has 2 aromatic rings. The first-order valence-corrected chi connectivity index (χ1v) is 8.38. The molecule has 0 bridgehead atoms. The van der Waals surface area contributed by atoms with Gasteiger partial charge in [-0.2, -0.15) is 0 Å².